The van der Waals surface area contributed by atoms with Crippen LogP contribution in [0.25, 0.3) is 22.4 Å². The molecule has 0 atom stereocenters. The van der Waals surface area contributed by atoms with Crippen LogP contribution in [0.5, 0.6) is 0 Å². The van der Waals surface area contributed by atoms with E-state index < -0.39 is 5.97 Å². The zero-order chi connectivity index (χ0) is 18.8. The van der Waals surface area contributed by atoms with Crippen molar-refractivity contribution in [2.24, 2.45) is 0 Å². The molecule has 0 spiro atoms. The number of aromatic nitrogens is 2. The van der Waals surface area contributed by atoms with E-state index in [9.17, 15) is 9.90 Å². The number of carboxylic acids is 1. The fourth-order valence-electron chi connectivity index (χ4n) is 4.12. The Morgan fingerprint density at radius 1 is 1.15 bits per heavy atom. The van der Waals surface area contributed by atoms with Crippen LogP contribution in [0.1, 0.15) is 54.1 Å². The van der Waals surface area contributed by atoms with Gasteiger partial charge in [0.15, 0.2) is 0 Å². The molecule has 3 aromatic rings. The Balaban J connectivity index is 1.85. The Hall–Kier alpha value is -2.66. The SMILES string of the molecule is O=C(O)c1ccc2c(c1)nc(-c1cccc(CCCO)c1)n2C1CCCC1. The lowest BCUT2D eigenvalue weighted by Gasteiger charge is -2.17. The Kier molecular flexibility index (Phi) is 4.94. The van der Waals surface area contributed by atoms with Gasteiger partial charge in [-0.05, 0) is 55.5 Å². The Morgan fingerprint density at radius 3 is 2.70 bits per heavy atom. The minimum Gasteiger partial charge on any atom is -0.478 e. The number of benzene rings is 2. The van der Waals surface area contributed by atoms with Gasteiger partial charge in [0.2, 0.25) is 0 Å². The lowest BCUT2D eigenvalue weighted by atomic mass is 10.1. The van der Waals surface area contributed by atoms with Crippen LogP contribution in [0.15, 0.2) is 42.5 Å². The van der Waals surface area contributed by atoms with Crippen molar-refractivity contribution in [3.05, 3.63) is 53.6 Å². The van der Waals surface area contributed by atoms with Gasteiger partial charge in [0.25, 0.3) is 0 Å². The van der Waals surface area contributed by atoms with Gasteiger partial charge in [-0.25, -0.2) is 9.78 Å². The number of hydrogen-bond donors (Lipinski definition) is 2. The van der Waals surface area contributed by atoms with E-state index in [4.69, 9.17) is 10.1 Å². The van der Waals surface area contributed by atoms with E-state index in [1.54, 1.807) is 12.1 Å². The average Bonchev–Trinajstić information content (AvgIpc) is 3.33. The molecule has 2 N–H and O–H groups in total. The van der Waals surface area contributed by atoms with Gasteiger partial charge in [-0.1, -0.05) is 31.0 Å². The third-order valence-corrected chi connectivity index (χ3v) is 5.44. The van der Waals surface area contributed by atoms with Gasteiger partial charge in [-0.2, -0.15) is 0 Å². The Morgan fingerprint density at radius 2 is 1.96 bits per heavy atom. The molecule has 5 nitrogen and oxygen atoms in total. The number of aryl methyl sites for hydroxylation is 1. The quantitative estimate of drug-likeness (QED) is 0.678. The molecule has 5 heteroatoms. The molecular weight excluding hydrogens is 340 g/mol. The number of carbonyl (C=O) groups is 1. The van der Waals surface area contributed by atoms with Gasteiger partial charge in [0.05, 0.1) is 16.6 Å². The number of rotatable bonds is 6. The summed E-state index contributed by atoms with van der Waals surface area (Å²) in [6.45, 7) is 0.183. The van der Waals surface area contributed by atoms with E-state index in [1.165, 1.54) is 18.4 Å². The van der Waals surface area contributed by atoms with Gasteiger partial charge in [0.1, 0.15) is 5.82 Å². The van der Waals surface area contributed by atoms with Crippen molar-refractivity contribution >= 4 is 17.0 Å². The number of carboxylic acid groups (broad SMARTS) is 1. The highest BCUT2D eigenvalue weighted by molar-refractivity contribution is 5.93. The van der Waals surface area contributed by atoms with E-state index in [2.05, 4.69) is 22.8 Å². The van der Waals surface area contributed by atoms with Crippen molar-refractivity contribution in [3.8, 4) is 11.4 Å². The molecule has 1 aliphatic rings. The van der Waals surface area contributed by atoms with Gasteiger partial charge in [-0.15, -0.1) is 0 Å². The van der Waals surface area contributed by atoms with Crippen molar-refractivity contribution in [1.82, 2.24) is 9.55 Å². The molecule has 0 unspecified atom stereocenters. The minimum absolute atomic E-state index is 0.183. The monoisotopic (exact) mass is 364 g/mol. The first-order chi connectivity index (χ1) is 13.2. The summed E-state index contributed by atoms with van der Waals surface area (Å²) in [5.74, 6) is -0.0230. The zero-order valence-corrected chi connectivity index (χ0v) is 15.3. The molecule has 0 radical (unpaired) electrons. The van der Waals surface area contributed by atoms with Crippen molar-refractivity contribution in [1.29, 1.82) is 0 Å². The van der Waals surface area contributed by atoms with Crippen LogP contribution in [0.2, 0.25) is 0 Å². The molecule has 0 amide bonds. The van der Waals surface area contributed by atoms with Crippen LogP contribution in [0.3, 0.4) is 0 Å². The summed E-state index contributed by atoms with van der Waals surface area (Å²) in [5, 5.41) is 18.4. The second-order valence-corrected chi connectivity index (χ2v) is 7.28. The highest BCUT2D eigenvalue weighted by atomic mass is 16.4. The van der Waals surface area contributed by atoms with Crippen molar-refractivity contribution in [3.63, 3.8) is 0 Å². The van der Waals surface area contributed by atoms with Gasteiger partial charge >= 0.3 is 5.97 Å². The molecule has 140 valence electrons. The molecule has 2 aromatic carbocycles. The maximum atomic E-state index is 11.4. The lowest BCUT2D eigenvalue weighted by molar-refractivity contribution is 0.0697. The maximum absolute atomic E-state index is 11.4. The molecule has 27 heavy (non-hydrogen) atoms. The van der Waals surface area contributed by atoms with E-state index in [-0.39, 0.29) is 12.2 Å². The summed E-state index contributed by atoms with van der Waals surface area (Å²) in [4.78, 5) is 16.2. The number of hydrogen-bond acceptors (Lipinski definition) is 3. The smallest absolute Gasteiger partial charge is 0.335 e. The van der Waals surface area contributed by atoms with Crippen molar-refractivity contribution in [2.75, 3.05) is 6.61 Å². The molecule has 1 aliphatic carbocycles. The van der Waals surface area contributed by atoms with E-state index >= 15 is 0 Å². The number of nitrogens with zero attached hydrogens (tertiary/aromatic N) is 2. The van der Waals surface area contributed by atoms with Gasteiger partial charge < -0.3 is 14.8 Å². The summed E-state index contributed by atoms with van der Waals surface area (Å²) in [5.41, 5.74) is 4.23. The van der Waals surface area contributed by atoms with Crippen LogP contribution >= 0.6 is 0 Å². The number of aromatic carboxylic acids is 1. The third-order valence-electron chi connectivity index (χ3n) is 5.44. The highest BCUT2D eigenvalue weighted by Gasteiger charge is 2.24. The molecule has 1 saturated carbocycles. The third kappa shape index (κ3) is 3.47. The van der Waals surface area contributed by atoms with Crippen LogP contribution in [-0.2, 0) is 6.42 Å². The Bertz CT molecular complexity index is 971. The van der Waals surface area contributed by atoms with Crippen LogP contribution in [-0.4, -0.2) is 32.3 Å². The summed E-state index contributed by atoms with van der Waals surface area (Å²) in [6.07, 6.45) is 6.26. The largest absolute Gasteiger partial charge is 0.478 e. The fourth-order valence-corrected chi connectivity index (χ4v) is 4.12. The van der Waals surface area contributed by atoms with E-state index in [0.717, 1.165) is 48.1 Å². The van der Waals surface area contributed by atoms with Crippen LogP contribution < -0.4 is 0 Å². The van der Waals surface area contributed by atoms with Gasteiger partial charge in [-0.3, -0.25) is 0 Å². The minimum atomic E-state index is -0.931. The summed E-state index contributed by atoms with van der Waals surface area (Å²) in [7, 11) is 0. The standard InChI is InChI=1S/C22H24N2O3/c25-12-4-6-15-5-3-7-16(13-15)21-23-19-14-17(22(26)27)10-11-20(19)24(21)18-8-1-2-9-18/h3,5,7,10-11,13-14,18,25H,1-2,4,6,8-9,12H2,(H,26,27). The molecule has 1 heterocycles. The summed E-state index contributed by atoms with van der Waals surface area (Å²) >= 11 is 0. The van der Waals surface area contributed by atoms with E-state index in [1.807, 2.05) is 12.1 Å². The van der Waals surface area contributed by atoms with Crippen molar-refractivity contribution in [2.45, 2.75) is 44.6 Å². The molecule has 0 saturated heterocycles. The summed E-state index contributed by atoms with van der Waals surface area (Å²) in [6, 6.07) is 13.9. The van der Waals surface area contributed by atoms with Crippen LogP contribution in [0, 0.1) is 0 Å². The van der Waals surface area contributed by atoms with E-state index in [0.29, 0.717) is 6.04 Å². The average molecular weight is 364 g/mol. The van der Waals surface area contributed by atoms with Gasteiger partial charge in [0, 0.05) is 18.2 Å². The molecule has 1 aromatic heterocycles. The van der Waals surface area contributed by atoms with Crippen LogP contribution in [0.4, 0.5) is 0 Å². The normalized spacial score (nSPS) is 14.9. The number of imidazole rings is 1. The lowest BCUT2D eigenvalue weighted by Crippen LogP contribution is -2.07. The number of aliphatic hydroxyl groups excluding tert-OH is 1. The Labute approximate surface area is 158 Å². The highest BCUT2D eigenvalue weighted by Crippen LogP contribution is 2.37. The topological polar surface area (TPSA) is 75.3 Å². The molecule has 0 bridgehead atoms. The first kappa shape index (κ1) is 17.7. The first-order valence-corrected chi connectivity index (χ1v) is 9.63. The second kappa shape index (κ2) is 7.53. The number of fused-ring (bicyclic) bond motifs is 1. The first-order valence-electron chi connectivity index (χ1n) is 9.63. The molecule has 1 fully saturated rings. The maximum Gasteiger partial charge on any atom is 0.335 e. The number of aliphatic hydroxyl groups is 1. The zero-order valence-electron chi connectivity index (χ0n) is 15.3. The fraction of sp³-hybridized carbons (Fsp3) is 0.364. The molecule has 0 aliphatic heterocycles. The van der Waals surface area contributed by atoms with Crippen molar-refractivity contribution < 1.29 is 15.0 Å². The predicted molar refractivity (Wildman–Crippen MR) is 105 cm³/mol. The molecule has 4 rings (SSSR count). The summed E-state index contributed by atoms with van der Waals surface area (Å²) < 4.78 is 2.30. The second-order valence-electron chi connectivity index (χ2n) is 7.28. The predicted octanol–water partition coefficient (Wildman–Crippen LogP) is 4.44. The molecular formula is C22H24N2O3.